The largest absolute Gasteiger partial charge is 0.461 e. The van der Waals surface area contributed by atoms with Crippen LogP contribution in [-0.2, 0) is 9.53 Å². The molecule has 2 aliphatic heterocycles. The van der Waals surface area contributed by atoms with Gasteiger partial charge in [0, 0.05) is 38.4 Å². The third kappa shape index (κ3) is 3.39. The van der Waals surface area contributed by atoms with E-state index in [1.807, 2.05) is 19.0 Å². The van der Waals surface area contributed by atoms with Crippen molar-refractivity contribution in [3.8, 4) is 0 Å². The lowest BCUT2D eigenvalue weighted by molar-refractivity contribution is -0.150. The summed E-state index contributed by atoms with van der Waals surface area (Å²) in [5, 5.41) is 0.445. The first-order valence-corrected chi connectivity index (χ1v) is 8.53. The molecule has 1 amide bonds. The number of likely N-dealkylation sites (tertiary alicyclic amines) is 1. The standard InChI is InChI=1S/C17H22ClN3O3/c1-20(2)11-14-8-17(16(23)24-14)3-5-21(6-4-17)15(22)12-7-13(18)10-19-9-12/h7,9-10,14H,3-6,8,11H2,1-2H3. The van der Waals surface area contributed by atoms with Crippen LogP contribution in [0.15, 0.2) is 18.5 Å². The van der Waals surface area contributed by atoms with Crippen molar-refractivity contribution in [2.45, 2.75) is 25.4 Å². The van der Waals surface area contributed by atoms with E-state index in [0.717, 1.165) is 13.0 Å². The second-order valence-electron chi connectivity index (χ2n) is 6.96. The molecule has 0 aromatic carbocycles. The normalized spacial score (nSPS) is 22.9. The highest BCUT2D eigenvalue weighted by molar-refractivity contribution is 6.30. The number of esters is 1. The molecule has 0 saturated carbocycles. The highest BCUT2D eigenvalue weighted by Gasteiger charge is 2.50. The van der Waals surface area contributed by atoms with Crippen LogP contribution in [0.5, 0.6) is 0 Å². The number of carbonyl (C=O) groups excluding carboxylic acids is 2. The number of aromatic nitrogens is 1. The highest BCUT2D eigenvalue weighted by atomic mass is 35.5. The summed E-state index contributed by atoms with van der Waals surface area (Å²) in [5.41, 5.74) is 0.0576. The lowest BCUT2D eigenvalue weighted by Crippen LogP contribution is -2.45. The van der Waals surface area contributed by atoms with Gasteiger partial charge in [0.15, 0.2) is 0 Å². The smallest absolute Gasteiger partial charge is 0.312 e. The molecule has 1 atom stereocenters. The topological polar surface area (TPSA) is 62.7 Å². The highest BCUT2D eigenvalue weighted by Crippen LogP contribution is 2.43. The second-order valence-corrected chi connectivity index (χ2v) is 7.39. The van der Waals surface area contributed by atoms with Gasteiger partial charge in [-0.2, -0.15) is 0 Å². The Kier molecular flexibility index (Phi) is 4.78. The average molecular weight is 352 g/mol. The van der Waals surface area contributed by atoms with Crippen LogP contribution in [0, 0.1) is 5.41 Å². The fourth-order valence-electron chi connectivity index (χ4n) is 3.60. The predicted octanol–water partition coefficient (Wildman–Crippen LogP) is 1.83. The van der Waals surface area contributed by atoms with Gasteiger partial charge in [0.25, 0.3) is 5.91 Å². The minimum absolute atomic E-state index is 0.0492. The fraction of sp³-hybridized carbons (Fsp3) is 0.588. The maximum absolute atomic E-state index is 12.6. The molecule has 3 rings (SSSR count). The summed E-state index contributed by atoms with van der Waals surface area (Å²) < 4.78 is 5.55. The van der Waals surface area contributed by atoms with Crippen LogP contribution in [0.1, 0.15) is 29.6 Å². The molecule has 0 N–H and O–H groups in total. The van der Waals surface area contributed by atoms with Gasteiger partial charge in [-0.3, -0.25) is 14.6 Å². The van der Waals surface area contributed by atoms with E-state index in [-0.39, 0.29) is 18.0 Å². The molecule has 3 heterocycles. The molecule has 0 bridgehead atoms. The van der Waals surface area contributed by atoms with Crippen molar-refractivity contribution in [1.82, 2.24) is 14.8 Å². The zero-order chi connectivity index (χ0) is 17.3. The molecule has 2 aliphatic rings. The number of piperidine rings is 1. The summed E-state index contributed by atoms with van der Waals surface area (Å²) in [7, 11) is 3.94. The Morgan fingerprint density at radius 1 is 1.42 bits per heavy atom. The minimum atomic E-state index is -0.427. The zero-order valence-electron chi connectivity index (χ0n) is 14.0. The van der Waals surface area contributed by atoms with Crippen LogP contribution in [0.3, 0.4) is 0 Å². The Labute approximate surface area is 146 Å². The molecule has 1 aromatic rings. The summed E-state index contributed by atoms with van der Waals surface area (Å²) in [6, 6.07) is 1.62. The van der Waals surface area contributed by atoms with Gasteiger partial charge >= 0.3 is 5.97 Å². The number of pyridine rings is 1. The molecular formula is C17H22ClN3O3. The maximum atomic E-state index is 12.6. The number of carbonyl (C=O) groups is 2. The number of hydrogen-bond acceptors (Lipinski definition) is 5. The van der Waals surface area contributed by atoms with E-state index >= 15 is 0 Å². The number of cyclic esters (lactones) is 1. The van der Waals surface area contributed by atoms with Gasteiger partial charge < -0.3 is 14.5 Å². The van der Waals surface area contributed by atoms with Crippen LogP contribution < -0.4 is 0 Å². The van der Waals surface area contributed by atoms with Gasteiger partial charge in [-0.05, 0) is 33.0 Å². The van der Waals surface area contributed by atoms with Gasteiger partial charge in [0.05, 0.1) is 16.0 Å². The first-order chi connectivity index (χ1) is 11.4. The molecule has 2 saturated heterocycles. The molecule has 7 heteroatoms. The molecule has 1 aromatic heterocycles. The summed E-state index contributed by atoms with van der Waals surface area (Å²) in [5.74, 6) is -0.193. The second kappa shape index (κ2) is 6.69. The number of ether oxygens (including phenoxy) is 1. The number of halogens is 1. The van der Waals surface area contributed by atoms with E-state index in [4.69, 9.17) is 16.3 Å². The van der Waals surface area contributed by atoms with E-state index in [0.29, 0.717) is 36.5 Å². The Balaban J connectivity index is 1.63. The Morgan fingerprint density at radius 3 is 2.75 bits per heavy atom. The van der Waals surface area contributed by atoms with Crippen molar-refractivity contribution in [3.63, 3.8) is 0 Å². The SMILES string of the molecule is CN(C)CC1CC2(CCN(C(=O)c3cncc(Cl)c3)CC2)C(=O)O1. The summed E-state index contributed by atoms with van der Waals surface area (Å²) in [6.45, 7) is 1.84. The van der Waals surface area contributed by atoms with Gasteiger partial charge in [-0.15, -0.1) is 0 Å². The molecule has 130 valence electrons. The van der Waals surface area contributed by atoms with Gasteiger partial charge in [-0.25, -0.2) is 0 Å². The molecule has 2 fully saturated rings. The van der Waals surface area contributed by atoms with Crippen LogP contribution in [0.4, 0.5) is 0 Å². The van der Waals surface area contributed by atoms with Crippen molar-refractivity contribution in [1.29, 1.82) is 0 Å². The van der Waals surface area contributed by atoms with Crippen LogP contribution in [0.25, 0.3) is 0 Å². The summed E-state index contributed by atoms with van der Waals surface area (Å²) >= 11 is 5.90. The van der Waals surface area contributed by atoms with E-state index in [1.54, 1.807) is 11.0 Å². The lowest BCUT2D eigenvalue weighted by atomic mass is 9.76. The van der Waals surface area contributed by atoms with Gasteiger partial charge in [-0.1, -0.05) is 11.6 Å². The first-order valence-electron chi connectivity index (χ1n) is 8.15. The minimum Gasteiger partial charge on any atom is -0.461 e. The van der Waals surface area contributed by atoms with Crippen LogP contribution in [-0.4, -0.2) is 66.5 Å². The van der Waals surface area contributed by atoms with Gasteiger partial charge in [0.1, 0.15) is 6.10 Å². The van der Waals surface area contributed by atoms with E-state index < -0.39 is 5.41 Å². The monoisotopic (exact) mass is 351 g/mol. The Morgan fingerprint density at radius 2 is 2.12 bits per heavy atom. The predicted molar refractivity (Wildman–Crippen MR) is 89.9 cm³/mol. The molecule has 1 unspecified atom stereocenters. The molecule has 0 radical (unpaired) electrons. The summed E-state index contributed by atoms with van der Waals surface area (Å²) in [4.78, 5) is 32.7. The van der Waals surface area contributed by atoms with Gasteiger partial charge in [0.2, 0.25) is 0 Å². The Hall–Kier alpha value is -1.66. The lowest BCUT2D eigenvalue weighted by Gasteiger charge is -2.36. The molecule has 24 heavy (non-hydrogen) atoms. The molecule has 1 spiro atoms. The van der Waals surface area contributed by atoms with Crippen molar-refractivity contribution in [2.24, 2.45) is 5.41 Å². The number of amides is 1. The number of rotatable bonds is 3. The van der Waals surface area contributed by atoms with Crippen molar-refractivity contribution in [3.05, 3.63) is 29.0 Å². The molecular weight excluding hydrogens is 330 g/mol. The van der Waals surface area contributed by atoms with E-state index in [9.17, 15) is 9.59 Å². The maximum Gasteiger partial charge on any atom is 0.312 e. The number of likely N-dealkylation sites (N-methyl/N-ethyl adjacent to an activating group) is 1. The van der Waals surface area contributed by atoms with Crippen molar-refractivity contribution >= 4 is 23.5 Å². The third-order valence-electron chi connectivity index (χ3n) is 4.85. The third-order valence-corrected chi connectivity index (χ3v) is 5.06. The molecule has 6 nitrogen and oxygen atoms in total. The van der Waals surface area contributed by atoms with E-state index in [2.05, 4.69) is 4.98 Å². The van der Waals surface area contributed by atoms with Crippen molar-refractivity contribution < 1.29 is 14.3 Å². The van der Waals surface area contributed by atoms with Crippen molar-refractivity contribution in [2.75, 3.05) is 33.7 Å². The fourth-order valence-corrected chi connectivity index (χ4v) is 3.78. The summed E-state index contributed by atoms with van der Waals surface area (Å²) in [6.07, 6.45) is 5.01. The van der Waals surface area contributed by atoms with E-state index in [1.165, 1.54) is 12.4 Å². The van der Waals surface area contributed by atoms with Crippen LogP contribution >= 0.6 is 11.6 Å². The Bertz CT molecular complexity index is 642. The first kappa shape index (κ1) is 17.2. The number of hydrogen-bond donors (Lipinski definition) is 0. The van der Waals surface area contributed by atoms with Crippen LogP contribution in [0.2, 0.25) is 5.02 Å². The molecule has 0 aliphatic carbocycles. The number of nitrogens with zero attached hydrogens (tertiary/aromatic N) is 3. The quantitative estimate of drug-likeness (QED) is 0.777. The zero-order valence-corrected chi connectivity index (χ0v) is 14.8. The average Bonchev–Trinajstić information content (AvgIpc) is 2.82.